The van der Waals surface area contributed by atoms with Crippen LogP contribution < -0.4 is 15.4 Å². The molecule has 0 aromatic heterocycles. The van der Waals surface area contributed by atoms with Gasteiger partial charge in [0.2, 0.25) is 0 Å². The molecule has 0 fully saturated rings. The Labute approximate surface area is 138 Å². The average Bonchev–Trinajstić information content (AvgIpc) is 2.54. The van der Waals surface area contributed by atoms with Crippen molar-refractivity contribution in [3.8, 4) is 5.75 Å². The van der Waals surface area contributed by atoms with Crippen LogP contribution in [-0.4, -0.2) is 28.8 Å². The van der Waals surface area contributed by atoms with Crippen LogP contribution in [0.4, 0.5) is 4.39 Å². The molecule has 0 spiro atoms. The molecular weight excluding hydrogens is 336 g/mol. The minimum absolute atomic E-state index is 0.0462. The SMILES string of the molecule is O=C(COc1ccccc1P(=O)(O)O)NCCc1ccccc1F. The van der Waals surface area contributed by atoms with Crippen LogP contribution in [0.15, 0.2) is 48.5 Å². The number of carbonyl (C=O) groups is 1. The van der Waals surface area contributed by atoms with Crippen LogP contribution in [0.1, 0.15) is 5.56 Å². The van der Waals surface area contributed by atoms with Crippen LogP contribution in [0, 0.1) is 5.82 Å². The molecule has 0 atom stereocenters. The van der Waals surface area contributed by atoms with Crippen LogP contribution >= 0.6 is 7.60 Å². The van der Waals surface area contributed by atoms with Crippen molar-refractivity contribution in [3.63, 3.8) is 0 Å². The largest absolute Gasteiger partial charge is 0.483 e. The molecule has 0 aliphatic heterocycles. The van der Waals surface area contributed by atoms with E-state index in [4.69, 9.17) is 4.74 Å². The number of hydrogen-bond donors (Lipinski definition) is 3. The van der Waals surface area contributed by atoms with E-state index in [9.17, 15) is 23.5 Å². The number of amides is 1. The number of rotatable bonds is 7. The molecule has 24 heavy (non-hydrogen) atoms. The van der Waals surface area contributed by atoms with Gasteiger partial charge in [-0.2, -0.15) is 0 Å². The van der Waals surface area contributed by atoms with Crippen LogP contribution in [0.5, 0.6) is 5.75 Å². The first-order valence-electron chi connectivity index (χ1n) is 7.16. The van der Waals surface area contributed by atoms with Gasteiger partial charge in [-0.05, 0) is 30.2 Å². The zero-order chi connectivity index (χ0) is 17.6. The molecule has 0 saturated carbocycles. The minimum Gasteiger partial charge on any atom is -0.483 e. The fourth-order valence-electron chi connectivity index (χ4n) is 2.05. The summed E-state index contributed by atoms with van der Waals surface area (Å²) in [5, 5.41) is 2.29. The minimum atomic E-state index is -4.48. The first kappa shape index (κ1) is 18.1. The first-order chi connectivity index (χ1) is 11.4. The van der Waals surface area contributed by atoms with E-state index in [1.807, 2.05) is 0 Å². The smallest absolute Gasteiger partial charge is 0.359 e. The standard InChI is InChI=1S/C16H17FNO5P/c17-13-6-2-1-5-12(13)9-10-18-16(19)11-23-14-7-3-4-8-15(14)24(20,21)22/h1-8H,9-11H2,(H,18,19)(H2,20,21,22). The summed E-state index contributed by atoms with van der Waals surface area (Å²) >= 11 is 0. The van der Waals surface area contributed by atoms with Crippen molar-refractivity contribution < 1.29 is 28.3 Å². The first-order valence-corrected chi connectivity index (χ1v) is 8.77. The quantitative estimate of drug-likeness (QED) is 0.654. The molecule has 0 unspecified atom stereocenters. The second-order valence-corrected chi connectivity index (χ2v) is 6.56. The molecule has 2 aromatic rings. The Morgan fingerprint density at radius 1 is 1.12 bits per heavy atom. The van der Waals surface area contributed by atoms with Gasteiger partial charge >= 0.3 is 7.60 Å². The summed E-state index contributed by atoms with van der Waals surface area (Å²) in [5.74, 6) is -0.847. The van der Waals surface area contributed by atoms with Crippen molar-refractivity contribution in [1.29, 1.82) is 0 Å². The van der Waals surface area contributed by atoms with E-state index in [0.717, 1.165) is 0 Å². The van der Waals surface area contributed by atoms with E-state index in [2.05, 4.69) is 5.32 Å². The number of hydrogen-bond acceptors (Lipinski definition) is 3. The van der Waals surface area contributed by atoms with E-state index in [0.29, 0.717) is 12.0 Å². The fourth-order valence-corrected chi connectivity index (χ4v) is 2.76. The van der Waals surface area contributed by atoms with Gasteiger partial charge in [0.25, 0.3) is 5.91 Å². The topological polar surface area (TPSA) is 95.9 Å². The lowest BCUT2D eigenvalue weighted by Crippen LogP contribution is -2.31. The highest BCUT2D eigenvalue weighted by Gasteiger charge is 2.22. The van der Waals surface area contributed by atoms with Crippen LogP contribution in [0.25, 0.3) is 0 Å². The Kier molecular flexibility index (Phi) is 6.09. The molecule has 0 aliphatic carbocycles. The number of ether oxygens (including phenoxy) is 1. The lowest BCUT2D eigenvalue weighted by Gasteiger charge is -2.12. The van der Waals surface area contributed by atoms with Crippen LogP contribution in [-0.2, 0) is 15.8 Å². The molecule has 0 radical (unpaired) electrons. The van der Waals surface area contributed by atoms with E-state index < -0.39 is 20.1 Å². The maximum atomic E-state index is 13.4. The van der Waals surface area contributed by atoms with Crippen molar-refractivity contribution in [2.75, 3.05) is 13.2 Å². The number of benzene rings is 2. The average molecular weight is 353 g/mol. The van der Waals surface area contributed by atoms with Gasteiger partial charge in [0.05, 0.1) is 0 Å². The lowest BCUT2D eigenvalue weighted by atomic mass is 10.1. The molecule has 0 aliphatic rings. The highest BCUT2D eigenvalue weighted by Crippen LogP contribution is 2.37. The third-order valence-corrected chi connectivity index (χ3v) is 4.21. The van der Waals surface area contributed by atoms with Gasteiger partial charge in [0.1, 0.15) is 16.9 Å². The monoisotopic (exact) mass is 353 g/mol. The van der Waals surface area contributed by atoms with Gasteiger partial charge < -0.3 is 19.8 Å². The van der Waals surface area contributed by atoms with Crippen molar-refractivity contribution in [2.24, 2.45) is 0 Å². The number of nitrogens with one attached hydrogen (secondary N) is 1. The van der Waals surface area contributed by atoms with Gasteiger partial charge in [-0.25, -0.2) is 4.39 Å². The molecule has 2 aromatic carbocycles. The fraction of sp³-hybridized carbons (Fsp3) is 0.188. The molecule has 0 saturated heterocycles. The van der Waals surface area contributed by atoms with Crippen molar-refractivity contribution in [2.45, 2.75) is 6.42 Å². The molecule has 3 N–H and O–H groups in total. The van der Waals surface area contributed by atoms with Crippen LogP contribution in [0.3, 0.4) is 0 Å². The van der Waals surface area contributed by atoms with E-state index >= 15 is 0 Å². The summed E-state index contributed by atoms with van der Waals surface area (Å²) in [5.41, 5.74) is 0.491. The highest BCUT2D eigenvalue weighted by molar-refractivity contribution is 7.60. The maximum Gasteiger partial charge on any atom is 0.359 e. The summed E-state index contributed by atoms with van der Waals surface area (Å²) in [6.45, 7) is -0.169. The Morgan fingerprint density at radius 3 is 2.50 bits per heavy atom. The Hall–Kier alpha value is -2.21. The zero-order valence-corrected chi connectivity index (χ0v) is 13.6. The number of carbonyl (C=O) groups excluding carboxylic acids is 1. The molecule has 0 bridgehead atoms. The van der Waals surface area contributed by atoms with E-state index in [1.54, 1.807) is 24.3 Å². The summed E-state index contributed by atoms with van der Waals surface area (Å²) in [6, 6.07) is 11.9. The van der Waals surface area contributed by atoms with Crippen molar-refractivity contribution in [3.05, 3.63) is 59.9 Å². The predicted molar refractivity (Wildman–Crippen MR) is 86.7 cm³/mol. The zero-order valence-electron chi connectivity index (χ0n) is 12.7. The van der Waals surface area contributed by atoms with Gasteiger partial charge in [-0.3, -0.25) is 9.36 Å². The summed E-state index contributed by atoms with van der Waals surface area (Å²) in [7, 11) is -4.48. The van der Waals surface area contributed by atoms with Gasteiger partial charge in [-0.15, -0.1) is 0 Å². The Bertz CT molecular complexity index is 762. The summed E-state index contributed by atoms with van der Waals surface area (Å²) < 4.78 is 29.9. The molecule has 0 heterocycles. The summed E-state index contributed by atoms with van der Waals surface area (Å²) in [4.78, 5) is 30.2. The predicted octanol–water partition coefficient (Wildman–Crippen LogP) is 1.37. The molecule has 1 amide bonds. The normalized spacial score (nSPS) is 11.1. The Balaban J connectivity index is 1.84. The van der Waals surface area contributed by atoms with Gasteiger partial charge in [0, 0.05) is 6.54 Å². The molecular formula is C16H17FNO5P. The van der Waals surface area contributed by atoms with Gasteiger partial charge in [-0.1, -0.05) is 30.3 Å². The maximum absolute atomic E-state index is 13.4. The van der Waals surface area contributed by atoms with Crippen LogP contribution in [0.2, 0.25) is 0 Å². The van der Waals surface area contributed by atoms with Crippen molar-refractivity contribution >= 4 is 18.8 Å². The molecule has 128 valence electrons. The third kappa shape index (κ3) is 5.16. The van der Waals surface area contributed by atoms with E-state index in [1.165, 1.54) is 24.3 Å². The highest BCUT2D eigenvalue weighted by atomic mass is 31.2. The van der Waals surface area contributed by atoms with Gasteiger partial charge in [0.15, 0.2) is 6.61 Å². The second-order valence-electron chi connectivity index (χ2n) is 4.99. The lowest BCUT2D eigenvalue weighted by molar-refractivity contribution is -0.123. The third-order valence-electron chi connectivity index (χ3n) is 3.21. The number of halogens is 1. The molecule has 8 heteroatoms. The summed E-state index contributed by atoms with van der Waals surface area (Å²) in [6.07, 6.45) is 0.331. The Morgan fingerprint density at radius 2 is 1.79 bits per heavy atom. The molecule has 2 rings (SSSR count). The second kappa shape index (κ2) is 8.06. The molecule has 6 nitrogen and oxygen atoms in total. The number of para-hydroxylation sites is 1. The van der Waals surface area contributed by atoms with Crippen molar-refractivity contribution in [1.82, 2.24) is 5.32 Å². The van der Waals surface area contributed by atoms with E-state index in [-0.39, 0.29) is 23.4 Å².